The van der Waals surface area contributed by atoms with Gasteiger partial charge in [0.05, 0.1) is 9.77 Å². The third kappa shape index (κ3) is 2.95. The van der Waals surface area contributed by atoms with Gasteiger partial charge in [-0.05, 0) is 61.5 Å². The van der Waals surface area contributed by atoms with Gasteiger partial charge >= 0.3 is 0 Å². The van der Waals surface area contributed by atoms with E-state index < -0.39 is 0 Å². The van der Waals surface area contributed by atoms with Crippen molar-refractivity contribution in [1.82, 2.24) is 14.7 Å². The molecule has 2 heterocycles. The van der Waals surface area contributed by atoms with Gasteiger partial charge in [0.15, 0.2) is 0 Å². The first-order valence-corrected chi connectivity index (χ1v) is 6.33. The molecule has 1 aromatic heterocycles. The van der Waals surface area contributed by atoms with Crippen molar-refractivity contribution in [2.75, 3.05) is 19.6 Å². The normalized spacial score (nSPS) is 17.8. The first-order valence-electron chi connectivity index (χ1n) is 5.25. The summed E-state index contributed by atoms with van der Waals surface area (Å²) >= 11 is 2.30. The van der Waals surface area contributed by atoms with Crippen LogP contribution in [0.2, 0.25) is 0 Å². The molecule has 0 saturated carbocycles. The van der Waals surface area contributed by atoms with Crippen molar-refractivity contribution < 1.29 is 0 Å². The molecule has 0 aliphatic carbocycles. The molecule has 0 spiro atoms. The number of rotatable bonds is 4. The second-order valence-corrected chi connectivity index (χ2v) is 5.07. The van der Waals surface area contributed by atoms with Crippen LogP contribution in [0.1, 0.15) is 19.3 Å². The van der Waals surface area contributed by atoms with Crippen LogP contribution in [0, 0.1) is 3.57 Å². The fourth-order valence-corrected chi connectivity index (χ4v) is 2.37. The van der Waals surface area contributed by atoms with E-state index in [2.05, 4.69) is 38.8 Å². The van der Waals surface area contributed by atoms with Gasteiger partial charge in [0.1, 0.15) is 0 Å². The van der Waals surface area contributed by atoms with Gasteiger partial charge < -0.3 is 4.90 Å². The zero-order valence-electron chi connectivity index (χ0n) is 8.32. The van der Waals surface area contributed by atoms with Crippen LogP contribution in [0.5, 0.6) is 0 Å². The summed E-state index contributed by atoms with van der Waals surface area (Å²) < 4.78 is 3.27. The summed E-state index contributed by atoms with van der Waals surface area (Å²) in [5.41, 5.74) is 0. The molecule has 4 heteroatoms. The predicted octanol–water partition coefficient (Wildman–Crippen LogP) is 1.97. The Labute approximate surface area is 98.6 Å². The zero-order chi connectivity index (χ0) is 9.80. The van der Waals surface area contributed by atoms with Crippen molar-refractivity contribution in [3.05, 3.63) is 16.0 Å². The molecular formula is C10H16IN3. The average Bonchev–Trinajstić information content (AvgIpc) is 2.77. The van der Waals surface area contributed by atoms with Gasteiger partial charge in [-0.1, -0.05) is 0 Å². The highest BCUT2D eigenvalue weighted by molar-refractivity contribution is 14.1. The summed E-state index contributed by atoms with van der Waals surface area (Å²) in [6.45, 7) is 4.89. The number of nitrogens with zero attached hydrogens (tertiary/aromatic N) is 3. The van der Waals surface area contributed by atoms with E-state index in [1.807, 2.05) is 10.9 Å². The average molecular weight is 305 g/mol. The summed E-state index contributed by atoms with van der Waals surface area (Å²) in [5, 5.41) is 4.27. The highest BCUT2D eigenvalue weighted by atomic mass is 127. The number of hydrogen-bond acceptors (Lipinski definition) is 2. The highest BCUT2D eigenvalue weighted by Crippen LogP contribution is 2.08. The minimum atomic E-state index is 1.06. The van der Waals surface area contributed by atoms with Gasteiger partial charge in [-0.15, -0.1) is 0 Å². The molecule has 1 aliphatic rings. The summed E-state index contributed by atoms with van der Waals surface area (Å²) in [6, 6.07) is 0. The van der Waals surface area contributed by atoms with E-state index >= 15 is 0 Å². The van der Waals surface area contributed by atoms with Crippen LogP contribution < -0.4 is 0 Å². The van der Waals surface area contributed by atoms with Crippen LogP contribution >= 0.6 is 22.6 Å². The van der Waals surface area contributed by atoms with Crippen LogP contribution in [0.3, 0.4) is 0 Å². The molecular weight excluding hydrogens is 289 g/mol. The van der Waals surface area contributed by atoms with Crippen LogP contribution in [-0.2, 0) is 6.54 Å². The first kappa shape index (κ1) is 10.4. The number of aromatic nitrogens is 2. The van der Waals surface area contributed by atoms with Crippen molar-refractivity contribution >= 4 is 22.6 Å². The number of likely N-dealkylation sites (tertiary alicyclic amines) is 1. The maximum atomic E-state index is 4.27. The number of hydrogen-bond donors (Lipinski definition) is 0. The Balaban J connectivity index is 1.67. The van der Waals surface area contributed by atoms with Crippen molar-refractivity contribution in [3.8, 4) is 0 Å². The maximum Gasteiger partial charge on any atom is 0.0623 e. The van der Waals surface area contributed by atoms with Gasteiger partial charge in [0, 0.05) is 12.7 Å². The zero-order valence-corrected chi connectivity index (χ0v) is 10.5. The molecule has 0 amide bonds. The molecule has 0 bridgehead atoms. The summed E-state index contributed by atoms with van der Waals surface area (Å²) in [4.78, 5) is 2.55. The van der Waals surface area contributed by atoms with Gasteiger partial charge in [-0.25, -0.2) is 0 Å². The Morgan fingerprint density at radius 3 is 2.71 bits per heavy atom. The minimum Gasteiger partial charge on any atom is -0.303 e. The van der Waals surface area contributed by atoms with Crippen molar-refractivity contribution in [1.29, 1.82) is 0 Å². The molecule has 1 saturated heterocycles. The summed E-state index contributed by atoms with van der Waals surface area (Å²) in [5.74, 6) is 0. The largest absolute Gasteiger partial charge is 0.303 e. The lowest BCUT2D eigenvalue weighted by molar-refractivity contribution is 0.322. The molecule has 14 heavy (non-hydrogen) atoms. The lowest BCUT2D eigenvalue weighted by atomic mass is 10.4. The molecule has 0 aromatic carbocycles. The Bertz CT molecular complexity index is 279. The Hall–Kier alpha value is -0.100. The lowest BCUT2D eigenvalue weighted by Gasteiger charge is -2.13. The van der Waals surface area contributed by atoms with Crippen molar-refractivity contribution in [2.45, 2.75) is 25.8 Å². The van der Waals surface area contributed by atoms with Crippen LogP contribution in [-0.4, -0.2) is 34.3 Å². The molecule has 0 atom stereocenters. The van der Waals surface area contributed by atoms with Crippen molar-refractivity contribution in [2.24, 2.45) is 0 Å². The van der Waals surface area contributed by atoms with E-state index in [-0.39, 0.29) is 0 Å². The van der Waals surface area contributed by atoms with E-state index in [0.29, 0.717) is 0 Å². The maximum absolute atomic E-state index is 4.27. The fraction of sp³-hybridized carbons (Fsp3) is 0.700. The standard InChI is InChI=1S/C10H16IN3/c11-10-8-12-14(9-10)7-3-6-13-4-1-2-5-13/h8-9H,1-7H2. The molecule has 2 rings (SSSR count). The molecule has 0 radical (unpaired) electrons. The van der Waals surface area contributed by atoms with Crippen molar-refractivity contribution in [3.63, 3.8) is 0 Å². The second-order valence-electron chi connectivity index (χ2n) is 3.82. The third-order valence-electron chi connectivity index (χ3n) is 2.66. The highest BCUT2D eigenvalue weighted by Gasteiger charge is 2.10. The smallest absolute Gasteiger partial charge is 0.0623 e. The SMILES string of the molecule is Ic1cnn(CCCN2CCCC2)c1. The molecule has 1 aliphatic heterocycles. The van der Waals surface area contributed by atoms with Crippen LogP contribution in [0.25, 0.3) is 0 Å². The second kappa shape index (κ2) is 5.11. The van der Waals surface area contributed by atoms with E-state index in [1.165, 1.54) is 42.5 Å². The topological polar surface area (TPSA) is 21.1 Å². The van der Waals surface area contributed by atoms with E-state index in [4.69, 9.17) is 0 Å². The molecule has 1 fully saturated rings. The number of halogens is 1. The van der Waals surface area contributed by atoms with Gasteiger partial charge in [0.25, 0.3) is 0 Å². The van der Waals surface area contributed by atoms with Crippen LogP contribution in [0.15, 0.2) is 12.4 Å². The van der Waals surface area contributed by atoms with E-state index in [0.717, 1.165) is 6.54 Å². The minimum absolute atomic E-state index is 1.06. The van der Waals surface area contributed by atoms with E-state index in [9.17, 15) is 0 Å². The molecule has 0 N–H and O–H groups in total. The number of aryl methyl sites for hydroxylation is 1. The summed E-state index contributed by atoms with van der Waals surface area (Å²) in [6.07, 6.45) is 8.01. The third-order valence-corrected chi connectivity index (χ3v) is 3.22. The molecule has 1 aromatic rings. The Morgan fingerprint density at radius 2 is 2.07 bits per heavy atom. The first-order chi connectivity index (χ1) is 6.84. The van der Waals surface area contributed by atoms with Gasteiger partial charge in [-0.2, -0.15) is 5.10 Å². The van der Waals surface area contributed by atoms with E-state index in [1.54, 1.807) is 0 Å². The van der Waals surface area contributed by atoms with Gasteiger partial charge in [0.2, 0.25) is 0 Å². The molecule has 3 nitrogen and oxygen atoms in total. The van der Waals surface area contributed by atoms with Crippen LogP contribution in [0.4, 0.5) is 0 Å². The Kier molecular flexibility index (Phi) is 3.81. The fourth-order valence-electron chi connectivity index (χ4n) is 1.92. The molecule has 78 valence electrons. The quantitative estimate of drug-likeness (QED) is 0.793. The molecule has 0 unspecified atom stereocenters. The predicted molar refractivity (Wildman–Crippen MR) is 65.2 cm³/mol. The summed E-state index contributed by atoms with van der Waals surface area (Å²) in [7, 11) is 0. The monoisotopic (exact) mass is 305 g/mol. The Morgan fingerprint density at radius 1 is 1.29 bits per heavy atom. The lowest BCUT2D eigenvalue weighted by Crippen LogP contribution is -2.21. The van der Waals surface area contributed by atoms with Gasteiger partial charge in [-0.3, -0.25) is 4.68 Å².